The first-order chi connectivity index (χ1) is 8.19. The molecule has 1 aliphatic heterocycles. The van der Waals surface area contributed by atoms with E-state index in [9.17, 15) is 0 Å². The topological polar surface area (TPSA) is 33.3 Å². The number of hydrogen-bond acceptors (Lipinski definition) is 3. The van der Waals surface area contributed by atoms with Crippen LogP contribution in [0.2, 0.25) is 0 Å². The van der Waals surface area contributed by atoms with Crippen LogP contribution in [-0.2, 0) is 0 Å². The van der Waals surface area contributed by atoms with Crippen LogP contribution in [0.5, 0.6) is 5.75 Å². The van der Waals surface area contributed by atoms with Crippen molar-refractivity contribution in [1.29, 1.82) is 0 Å². The van der Waals surface area contributed by atoms with E-state index in [0.717, 1.165) is 30.4 Å². The van der Waals surface area contributed by atoms with E-state index in [-0.39, 0.29) is 0 Å². The van der Waals surface area contributed by atoms with E-state index < -0.39 is 0 Å². The Morgan fingerprint density at radius 2 is 1.94 bits per heavy atom. The van der Waals surface area contributed by atoms with Crippen molar-refractivity contribution in [3.8, 4) is 5.75 Å². The zero-order valence-corrected chi connectivity index (χ0v) is 10.9. The zero-order valence-electron chi connectivity index (χ0n) is 10.9. The Labute approximate surface area is 104 Å². The highest BCUT2D eigenvalue weighted by Gasteiger charge is 2.16. The molecule has 17 heavy (non-hydrogen) atoms. The van der Waals surface area contributed by atoms with E-state index in [1.165, 1.54) is 12.1 Å². The van der Waals surface area contributed by atoms with E-state index in [0.29, 0.717) is 5.92 Å². The van der Waals surface area contributed by atoms with Gasteiger partial charge in [-0.1, -0.05) is 13.8 Å². The van der Waals surface area contributed by atoms with Gasteiger partial charge in [-0.15, -0.1) is 0 Å². The molecule has 3 nitrogen and oxygen atoms in total. The number of hydrogen-bond donors (Lipinski definition) is 2. The average molecular weight is 234 g/mol. The second-order valence-corrected chi connectivity index (χ2v) is 5.17. The summed E-state index contributed by atoms with van der Waals surface area (Å²) in [4.78, 5) is 0. The van der Waals surface area contributed by atoms with Crippen molar-refractivity contribution < 1.29 is 4.74 Å². The van der Waals surface area contributed by atoms with Gasteiger partial charge in [-0.2, -0.15) is 0 Å². The van der Waals surface area contributed by atoms with Crippen LogP contribution in [0.25, 0.3) is 0 Å². The Morgan fingerprint density at radius 1 is 1.24 bits per heavy atom. The molecule has 0 saturated heterocycles. The van der Waals surface area contributed by atoms with Crippen LogP contribution >= 0.6 is 0 Å². The number of nitrogens with one attached hydrogen (secondary N) is 2. The molecule has 1 aromatic rings. The molecular weight excluding hydrogens is 212 g/mol. The van der Waals surface area contributed by atoms with E-state index in [1.54, 1.807) is 7.11 Å². The molecule has 0 aliphatic carbocycles. The van der Waals surface area contributed by atoms with Gasteiger partial charge >= 0.3 is 0 Å². The van der Waals surface area contributed by atoms with Crippen LogP contribution in [-0.4, -0.2) is 20.2 Å². The van der Waals surface area contributed by atoms with E-state index in [4.69, 9.17) is 4.74 Å². The monoisotopic (exact) mass is 234 g/mol. The third kappa shape index (κ3) is 3.05. The zero-order chi connectivity index (χ0) is 12.3. The number of ether oxygens (including phenoxy) is 1. The molecule has 0 radical (unpaired) electrons. The molecule has 0 fully saturated rings. The van der Waals surface area contributed by atoms with Crippen LogP contribution in [0.15, 0.2) is 18.2 Å². The molecule has 94 valence electrons. The normalized spacial score (nSPS) is 18.9. The van der Waals surface area contributed by atoms with Gasteiger partial charge < -0.3 is 15.4 Å². The summed E-state index contributed by atoms with van der Waals surface area (Å²) in [6.45, 7) is 6.64. The predicted molar refractivity (Wildman–Crippen MR) is 72.9 cm³/mol. The molecule has 0 spiro atoms. The highest BCUT2D eigenvalue weighted by atomic mass is 16.5. The van der Waals surface area contributed by atoms with Gasteiger partial charge in [0.15, 0.2) is 0 Å². The number of rotatable bonds is 3. The van der Waals surface area contributed by atoms with Crippen molar-refractivity contribution >= 4 is 11.4 Å². The highest BCUT2D eigenvalue weighted by Crippen LogP contribution is 2.30. The van der Waals surface area contributed by atoms with E-state index >= 15 is 0 Å². The molecule has 0 aromatic heterocycles. The van der Waals surface area contributed by atoms with E-state index in [1.807, 2.05) is 6.07 Å². The Bertz CT molecular complexity index is 376. The van der Waals surface area contributed by atoms with Crippen LogP contribution in [0.1, 0.15) is 20.3 Å². The first-order valence-electron chi connectivity index (χ1n) is 6.35. The van der Waals surface area contributed by atoms with Gasteiger partial charge in [-0.25, -0.2) is 0 Å². The third-order valence-electron chi connectivity index (χ3n) is 3.19. The molecule has 1 unspecified atom stereocenters. The van der Waals surface area contributed by atoms with Gasteiger partial charge in [0, 0.05) is 19.2 Å². The van der Waals surface area contributed by atoms with Crippen molar-refractivity contribution in [2.75, 3.05) is 30.8 Å². The van der Waals surface area contributed by atoms with Crippen molar-refractivity contribution in [2.24, 2.45) is 11.8 Å². The molecular formula is C14H22N2O. The maximum atomic E-state index is 5.24. The fourth-order valence-corrected chi connectivity index (χ4v) is 2.36. The largest absolute Gasteiger partial charge is 0.497 e. The van der Waals surface area contributed by atoms with Crippen LogP contribution in [0.4, 0.5) is 11.4 Å². The van der Waals surface area contributed by atoms with Gasteiger partial charge in [0.25, 0.3) is 0 Å². The van der Waals surface area contributed by atoms with Crippen LogP contribution in [0.3, 0.4) is 0 Å². The summed E-state index contributed by atoms with van der Waals surface area (Å²) in [7, 11) is 1.70. The van der Waals surface area contributed by atoms with Crippen LogP contribution < -0.4 is 15.4 Å². The minimum Gasteiger partial charge on any atom is -0.497 e. The lowest BCUT2D eigenvalue weighted by Crippen LogP contribution is -2.20. The van der Waals surface area contributed by atoms with Gasteiger partial charge in [0.1, 0.15) is 5.75 Å². The van der Waals surface area contributed by atoms with Crippen LogP contribution in [0, 0.1) is 11.8 Å². The number of benzene rings is 1. The molecule has 1 heterocycles. The number of methoxy groups -OCH3 is 1. The first kappa shape index (κ1) is 12.1. The number of anilines is 2. The Balaban J connectivity index is 2.07. The lowest BCUT2D eigenvalue weighted by atomic mass is 9.97. The number of fused-ring (bicyclic) bond motifs is 1. The molecule has 2 rings (SSSR count). The van der Waals surface area contributed by atoms with Gasteiger partial charge in [-0.05, 0) is 30.4 Å². The standard InChI is InChI=1S/C14H22N2O/c1-10(2)6-11-8-15-13-5-4-12(17-3)7-14(13)16-9-11/h4-5,7,10-11,15-16H,6,8-9H2,1-3H3. The SMILES string of the molecule is COc1ccc2c(c1)NCC(CC(C)C)CN2. The molecule has 3 heteroatoms. The Hall–Kier alpha value is -1.38. The van der Waals surface area contributed by atoms with Crippen molar-refractivity contribution in [2.45, 2.75) is 20.3 Å². The molecule has 1 aromatic carbocycles. The van der Waals surface area contributed by atoms with Gasteiger partial charge in [0.05, 0.1) is 18.5 Å². The quantitative estimate of drug-likeness (QED) is 0.842. The minimum atomic E-state index is 0.688. The second kappa shape index (κ2) is 5.30. The fourth-order valence-electron chi connectivity index (χ4n) is 2.36. The van der Waals surface area contributed by atoms with Crippen molar-refractivity contribution in [3.05, 3.63) is 18.2 Å². The third-order valence-corrected chi connectivity index (χ3v) is 3.19. The summed E-state index contributed by atoms with van der Waals surface area (Å²) in [6, 6.07) is 6.13. The molecule has 1 atom stereocenters. The fraction of sp³-hybridized carbons (Fsp3) is 0.571. The Morgan fingerprint density at radius 3 is 2.59 bits per heavy atom. The summed E-state index contributed by atoms with van der Waals surface area (Å²) < 4.78 is 5.24. The van der Waals surface area contributed by atoms with Gasteiger partial charge in [-0.3, -0.25) is 0 Å². The maximum absolute atomic E-state index is 5.24. The second-order valence-electron chi connectivity index (χ2n) is 5.17. The highest BCUT2D eigenvalue weighted by molar-refractivity contribution is 5.71. The van der Waals surface area contributed by atoms with Gasteiger partial charge in [0.2, 0.25) is 0 Å². The Kier molecular flexibility index (Phi) is 3.77. The van der Waals surface area contributed by atoms with Crippen molar-refractivity contribution in [1.82, 2.24) is 0 Å². The lowest BCUT2D eigenvalue weighted by molar-refractivity contribution is 0.415. The summed E-state index contributed by atoms with van der Waals surface area (Å²) in [5, 5.41) is 7.03. The lowest BCUT2D eigenvalue weighted by Gasteiger charge is -2.16. The minimum absolute atomic E-state index is 0.688. The molecule has 0 bridgehead atoms. The molecule has 2 N–H and O–H groups in total. The summed E-state index contributed by atoms with van der Waals surface area (Å²) in [5.41, 5.74) is 2.33. The van der Waals surface area contributed by atoms with Crippen molar-refractivity contribution in [3.63, 3.8) is 0 Å². The maximum Gasteiger partial charge on any atom is 0.121 e. The molecule has 0 saturated carbocycles. The molecule has 1 aliphatic rings. The molecule has 0 amide bonds. The summed E-state index contributed by atoms with van der Waals surface area (Å²) in [5.74, 6) is 2.34. The van der Waals surface area contributed by atoms with E-state index in [2.05, 4.69) is 36.6 Å². The summed E-state index contributed by atoms with van der Waals surface area (Å²) >= 11 is 0. The average Bonchev–Trinajstić information content (AvgIpc) is 2.51. The smallest absolute Gasteiger partial charge is 0.121 e. The predicted octanol–water partition coefficient (Wildman–Crippen LogP) is 3.19. The first-order valence-corrected chi connectivity index (χ1v) is 6.35. The summed E-state index contributed by atoms with van der Waals surface area (Å²) in [6.07, 6.45) is 1.26.